The molecule has 0 saturated heterocycles. The predicted octanol–water partition coefficient (Wildman–Crippen LogP) is 6.74. The molecule has 0 spiro atoms. The van der Waals surface area contributed by atoms with Gasteiger partial charge in [-0.2, -0.15) is 0 Å². The van der Waals surface area contributed by atoms with Gasteiger partial charge in [0.15, 0.2) is 8.24 Å². The molecule has 0 amide bonds. The van der Waals surface area contributed by atoms with Crippen LogP contribution in [0.2, 0.25) is 18.6 Å². The summed E-state index contributed by atoms with van der Waals surface area (Å²) in [4.78, 5) is 3.98. The fourth-order valence-electron chi connectivity index (χ4n) is 3.93. The van der Waals surface area contributed by atoms with Gasteiger partial charge in [-0.15, -0.1) is 0 Å². The van der Waals surface area contributed by atoms with Crippen LogP contribution in [-0.4, -0.2) is 8.24 Å². The first-order valence-electron chi connectivity index (χ1n) is 7.96. The van der Waals surface area contributed by atoms with Crippen LogP contribution in [0.25, 0.3) is 0 Å². The lowest BCUT2D eigenvalue weighted by atomic mass is 10.1. The van der Waals surface area contributed by atoms with Gasteiger partial charge in [-0.25, -0.2) is 0 Å². The number of rotatable bonds is 3. The van der Waals surface area contributed by atoms with Crippen LogP contribution in [0, 0.1) is 13.8 Å². The van der Waals surface area contributed by atoms with E-state index in [4.69, 9.17) is 0 Å². The maximum atomic E-state index is 3.98. The van der Waals surface area contributed by atoms with Crippen LogP contribution in [0.3, 0.4) is 0 Å². The zero-order valence-corrected chi connectivity index (χ0v) is 17.7. The number of halogens is 1. The van der Waals surface area contributed by atoms with Gasteiger partial charge in [-0.1, -0.05) is 40.2 Å². The number of hydrogen-bond donors (Lipinski definition) is 1. The Morgan fingerprint density at radius 2 is 1.27 bits per heavy atom. The topological polar surface area (TPSA) is 12.0 Å². The lowest BCUT2D eigenvalue weighted by molar-refractivity contribution is 1.06. The summed E-state index contributed by atoms with van der Waals surface area (Å²) < 4.78 is 1.16. The van der Waals surface area contributed by atoms with Crippen molar-refractivity contribution in [1.29, 1.82) is 0 Å². The monoisotopic (exact) mass is 377 g/mol. The van der Waals surface area contributed by atoms with Crippen LogP contribution in [0.15, 0.2) is 38.9 Å². The second kappa shape index (κ2) is 6.01. The van der Waals surface area contributed by atoms with E-state index in [1.807, 2.05) is 0 Å². The zero-order valence-electron chi connectivity index (χ0n) is 15.1. The fourth-order valence-corrected chi connectivity index (χ4v) is 8.40. The number of allylic oxidation sites excluding steroid dienone is 4. The summed E-state index contributed by atoms with van der Waals surface area (Å²) >= 11 is 3.60. The molecule has 1 aromatic rings. The Morgan fingerprint density at radius 3 is 1.68 bits per heavy atom. The van der Waals surface area contributed by atoms with Gasteiger partial charge < -0.3 is 4.98 Å². The molecular formula is C19H28BrNSi. The van der Waals surface area contributed by atoms with Crippen molar-refractivity contribution in [2.24, 2.45) is 0 Å². The summed E-state index contributed by atoms with van der Waals surface area (Å²) in [5.74, 6) is 0. The van der Waals surface area contributed by atoms with Crippen LogP contribution >= 0.6 is 15.9 Å². The zero-order chi connectivity index (χ0) is 16.8. The van der Waals surface area contributed by atoms with Gasteiger partial charge in [0.2, 0.25) is 0 Å². The molecule has 1 aromatic carbocycles. The smallest absolute Gasteiger partial charge is 0.158 e. The van der Waals surface area contributed by atoms with Gasteiger partial charge in [0, 0.05) is 15.7 Å². The van der Waals surface area contributed by atoms with E-state index in [-0.39, 0.29) is 0 Å². The van der Waals surface area contributed by atoms with Crippen LogP contribution in [-0.2, 0) is 0 Å². The van der Waals surface area contributed by atoms with Gasteiger partial charge >= 0.3 is 0 Å². The van der Waals surface area contributed by atoms with Crippen molar-refractivity contribution in [2.75, 3.05) is 4.98 Å². The summed E-state index contributed by atoms with van der Waals surface area (Å²) in [6.45, 7) is 18.5. The summed E-state index contributed by atoms with van der Waals surface area (Å²) in [5.41, 5.74) is 10.7. The number of benzene rings is 1. The third kappa shape index (κ3) is 2.98. The minimum Gasteiger partial charge on any atom is -0.409 e. The molecule has 0 heterocycles. The van der Waals surface area contributed by atoms with E-state index in [9.17, 15) is 0 Å². The van der Waals surface area contributed by atoms with Crippen molar-refractivity contribution in [1.82, 2.24) is 0 Å². The standard InChI is InChI=1S/C19H28BrNSi/c1-11-9-17(20)10-12(2)18(11)21-22(7,8)19-15(5)13(3)14(4)16(19)6/h9-10,19,21H,1-8H3. The highest BCUT2D eigenvalue weighted by atomic mass is 79.9. The van der Waals surface area contributed by atoms with E-state index < -0.39 is 8.24 Å². The highest BCUT2D eigenvalue weighted by molar-refractivity contribution is 9.10. The molecule has 0 saturated carbocycles. The van der Waals surface area contributed by atoms with Gasteiger partial charge in [-0.3, -0.25) is 0 Å². The molecule has 0 atom stereocenters. The summed E-state index contributed by atoms with van der Waals surface area (Å²) in [5, 5.41) is 0. The Labute approximate surface area is 145 Å². The molecule has 0 unspecified atom stereocenters. The Balaban J connectivity index is 2.42. The van der Waals surface area contributed by atoms with Crippen LogP contribution in [0.5, 0.6) is 0 Å². The molecule has 3 heteroatoms. The van der Waals surface area contributed by atoms with Crippen molar-refractivity contribution >= 4 is 29.9 Å². The van der Waals surface area contributed by atoms with Crippen LogP contribution in [0.1, 0.15) is 38.8 Å². The van der Waals surface area contributed by atoms with E-state index in [1.165, 1.54) is 28.0 Å². The van der Waals surface area contributed by atoms with Crippen molar-refractivity contribution in [3.63, 3.8) is 0 Å². The first kappa shape index (κ1) is 17.5. The fraction of sp³-hybridized carbons (Fsp3) is 0.474. The molecule has 22 heavy (non-hydrogen) atoms. The predicted molar refractivity (Wildman–Crippen MR) is 105 cm³/mol. The highest BCUT2D eigenvalue weighted by Gasteiger charge is 2.39. The van der Waals surface area contributed by atoms with Crippen LogP contribution < -0.4 is 4.98 Å². The quantitative estimate of drug-likeness (QED) is 0.574. The first-order chi connectivity index (χ1) is 10.1. The minimum absolute atomic E-state index is 0.593. The minimum atomic E-state index is -1.68. The SMILES string of the molecule is CC1=C(C)C([Si](C)(C)Nc2c(C)cc(Br)cc2C)C(C)=C1C. The molecule has 120 valence electrons. The van der Waals surface area contributed by atoms with Crippen molar-refractivity contribution in [3.8, 4) is 0 Å². The van der Waals surface area contributed by atoms with E-state index in [1.54, 1.807) is 11.1 Å². The molecule has 1 N–H and O–H groups in total. The van der Waals surface area contributed by atoms with E-state index in [0.29, 0.717) is 5.54 Å². The summed E-state index contributed by atoms with van der Waals surface area (Å²) in [6.07, 6.45) is 0. The number of anilines is 1. The molecule has 0 radical (unpaired) electrons. The van der Waals surface area contributed by atoms with Crippen molar-refractivity contribution in [2.45, 2.75) is 60.2 Å². The number of aryl methyl sites for hydroxylation is 2. The largest absolute Gasteiger partial charge is 0.409 e. The molecule has 0 aromatic heterocycles. The maximum absolute atomic E-state index is 3.98. The molecule has 2 rings (SSSR count). The molecule has 0 fully saturated rings. The maximum Gasteiger partial charge on any atom is 0.158 e. The van der Waals surface area contributed by atoms with Crippen molar-refractivity contribution in [3.05, 3.63) is 50.0 Å². The average molecular weight is 378 g/mol. The summed E-state index contributed by atoms with van der Waals surface area (Å²) in [7, 11) is -1.68. The lowest BCUT2D eigenvalue weighted by Gasteiger charge is -2.35. The third-order valence-corrected chi connectivity index (χ3v) is 8.94. The Bertz CT molecular complexity index is 636. The lowest BCUT2D eigenvalue weighted by Crippen LogP contribution is -2.43. The molecule has 0 bridgehead atoms. The molecule has 1 aliphatic rings. The van der Waals surface area contributed by atoms with Gasteiger partial charge in [-0.05, 0) is 75.9 Å². The van der Waals surface area contributed by atoms with E-state index >= 15 is 0 Å². The van der Waals surface area contributed by atoms with E-state index in [0.717, 1.165) is 4.47 Å². The molecule has 1 nitrogen and oxygen atoms in total. The van der Waals surface area contributed by atoms with E-state index in [2.05, 4.69) is 87.7 Å². The molecular weight excluding hydrogens is 350 g/mol. The Morgan fingerprint density at radius 1 is 0.864 bits per heavy atom. The Kier molecular flexibility index (Phi) is 4.79. The normalized spacial score (nSPS) is 16.8. The summed E-state index contributed by atoms with van der Waals surface area (Å²) in [6, 6.07) is 4.41. The highest BCUT2D eigenvalue weighted by Crippen LogP contribution is 2.47. The third-order valence-electron chi connectivity index (χ3n) is 5.28. The van der Waals surface area contributed by atoms with Crippen LogP contribution in [0.4, 0.5) is 5.69 Å². The second-order valence-corrected chi connectivity index (χ2v) is 12.5. The van der Waals surface area contributed by atoms with Crippen molar-refractivity contribution < 1.29 is 0 Å². The number of hydrogen-bond acceptors (Lipinski definition) is 1. The first-order valence-corrected chi connectivity index (χ1v) is 11.8. The van der Waals surface area contributed by atoms with Gasteiger partial charge in [0.1, 0.15) is 0 Å². The Hall–Kier alpha value is -0.803. The second-order valence-electron chi connectivity index (χ2n) is 7.31. The van der Waals surface area contributed by atoms with Gasteiger partial charge in [0.25, 0.3) is 0 Å². The number of nitrogens with one attached hydrogen (secondary N) is 1. The molecule has 0 aliphatic heterocycles. The average Bonchev–Trinajstić information content (AvgIpc) is 2.58. The molecule has 1 aliphatic carbocycles. The van der Waals surface area contributed by atoms with Gasteiger partial charge in [0.05, 0.1) is 0 Å².